The van der Waals surface area contributed by atoms with E-state index < -0.39 is 0 Å². The Labute approximate surface area is 124 Å². The molecule has 0 unspecified atom stereocenters. The van der Waals surface area contributed by atoms with E-state index >= 15 is 0 Å². The first kappa shape index (κ1) is 15.2. The van der Waals surface area contributed by atoms with E-state index in [9.17, 15) is 9.59 Å². The molecule has 6 heteroatoms. The molecule has 0 aliphatic heterocycles. The second kappa shape index (κ2) is 6.97. The molecule has 1 fully saturated rings. The summed E-state index contributed by atoms with van der Waals surface area (Å²) in [7, 11) is 0. The average Bonchev–Trinajstić information content (AvgIpc) is 3.30. The fourth-order valence-electron chi connectivity index (χ4n) is 1.92. The Hall–Kier alpha value is -2.24. The number of amides is 1. The highest BCUT2D eigenvalue weighted by Crippen LogP contribution is 2.28. The molecule has 0 heterocycles. The standard InChI is InChI=1S/C15H21N3O3/c1-2-21-15(20)11-5-6-12(16)13(9-11)17-7-8-18-14(19)10-3-4-10/h5-6,9-10,17H,2-4,7-8,16H2,1H3,(H,18,19). The van der Waals surface area contributed by atoms with Crippen LogP contribution < -0.4 is 16.4 Å². The van der Waals surface area contributed by atoms with Crippen molar-refractivity contribution in [2.75, 3.05) is 30.7 Å². The highest BCUT2D eigenvalue weighted by Gasteiger charge is 2.28. The van der Waals surface area contributed by atoms with Crippen molar-refractivity contribution >= 4 is 23.3 Å². The third-order valence-electron chi connectivity index (χ3n) is 3.25. The topological polar surface area (TPSA) is 93.4 Å². The zero-order valence-corrected chi connectivity index (χ0v) is 12.1. The second-order valence-electron chi connectivity index (χ2n) is 5.01. The molecule has 0 bridgehead atoms. The molecule has 0 saturated heterocycles. The Morgan fingerprint density at radius 2 is 2.10 bits per heavy atom. The smallest absolute Gasteiger partial charge is 0.338 e. The molecule has 0 spiro atoms. The van der Waals surface area contributed by atoms with E-state index in [1.807, 2.05) is 0 Å². The lowest BCUT2D eigenvalue weighted by molar-refractivity contribution is -0.122. The number of benzene rings is 1. The van der Waals surface area contributed by atoms with Crippen molar-refractivity contribution in [2.45, 2.75) is 19.8 Å². The van der Waals surface area contributed by atoms with Gasteiger partial charge in [0.2, 0.25) is 5.91 Å². The molecule has 0 atom stereocenters. The number of nitrogens with one attached hydrogen (secondary N) is 2. The molecule has 1 aliphatic rings. The summed E-state index contributed by atoms with van der Waals surface area (Å²) in [5.74, 6) is -0.0464. The van der Waals surface area contributed by atoms with Gasteiger partial charge >= 0.3 is 5.97 Å². The van der Waals surface area contributed by atoms with Crippen LogP contribution in [-0.4, -0.2) is 31.6 Å². The molecule has 0 radical (unpaired) electrons. The molecule has 2 rings (SSSR count). The minimum atomic E-state index is -0.373. The second-order valence-corrected chi connectivity index (χ2v) is 5.01. The summed E-state index contributed by atoms with van der Waals surface area (Å²) < 4.78 is 4.95. The summed E-state index contributed by atoms with van der Waals surface area (Å²) in [5.41, 5.74) is 7.54. The molecular weight excluding hydrogens is 270 g/mol. The van der Waals surface area contributed by atoms with Crippen LogP contribution in [0, 0.1) is 5.92 Å². The Kier molecular flexibility index (Phi) is 5.03. The lowest BCUT2D eigenvalue weighted by Crippen LogP contribution is -2.29. The van der Waals surface area contributed by atoms with Gasteiger partial charge < -0.3 is 21.1 Å². The van der Waals surface area contributed by atoms with Crippen molar-refractivity contribution in [2.24, 2.45) is 5.92 Å². The SMILES string of the molecule is CCOC(=O)c1ccc(N)c(NCCNC(=O)C2CC2)c1. The van der Waals surface area contributed by atoms with E-state index in [1.165, 1.54) is 0 Å². The fraction of sp³-hybridized carbons (Fsp3) is 0.467. The molecule has 1 aromatic rings. The van der Waals surface area contributed by atoms with Gasteiger partial charge in [0, 0.05) is 19.0 Å². The van der Waals surface area contributed by atoms with Crippen LogP contribution in [-0.2, 0) is 9.53 Å². The van der Waals surface area contributed by atoms with Crippen LogP contribution in [0.5, 0.6) is 0 Å². The van der Waals surface area contributed by atoms with Gasteiger partial charge in [0.25, 0.3) is 0 Å². The van der Waals surface area contributed by atoms with E-state index in [-0.39, 0.29) is 17.8 Å². The van der Waals surface area contributed by atoms with Crippen LogP contribution in [0.1, 0.15) is 30.1 Å². The quantitative estimate of drug-likeness (QED) is 0.401. The van der Waals surface area contributed by atoms with Crippen LogP contribution in [0.4, 0.5) is 11.4 Å². The van der Waals surface area contributed by atoms with Gasteiger partial charge in [-0.05, 0) is 38.0 Å². The van der Waals surface area contributed by atoms with E-state index in [2.05, 4.69) is 10.6 Å². The molecule has 114 valence electrons. The number of anilines is 2. The summed E-state index contributed by atoms with van der Waals surface area (Å²) in [6, 6.07) is 4.96. The van der Waals surface area contributed by atoms with Gasteiger partial charge in [0.15, 0.2) is 0 Å². The molecule has 1 saturated carbocycles. The average molecular weight is 291 g/mol. The van der Waals surface area contributed by atoms with Gasteiger partial charge in [0.1, 0.15) is 0 Å². The van der Waals surface area contributed by atoms with Crippen LogP contribution in [0.15, 0.2) is 18.2 Å². The van der Waals surface area contributed by atoms with Crippen LogP contribution >= 0.6 is 0 Å². The minimum Gasteiger partial charge on any atom is -0.462 e. The number of hydrogen-bond acceptors (Lipinski definition) is 5. The maximum absolute atomic E-state index is 11.7. The fourth-order valence-corrected chi connectivity index (χ4v) is 1.92. The molecule has 1 amide bonds. The van der Waals surface area contributed by atoms with Crippen molar-refractivity contribution in [3.05, 3.63) is 23.8 Å². The largest absolute Gasteiger partial charge is 0.462 e. The number of carbonyl (C=O) groups excluding carboxylic acids is 2. The predicted octanol–water partition coefficient (Wildman–Crippen LogP) is 1.38. The van der Waals surface area contributed by atoms with Crippen molar-refractivity contribution in [3.8, 4) is 0 Å². The summed E-state index contributed by atoms with van der Waals surface area (Å²) >= 11 is 0. The van der Waals surface area contributed by atoms with Gasteiger partial charge in [-0.25, -0.2) is 4.79 Å². The number of nitrogens with two attached hydrogens (primary N) is 1. The van der Waals surface area contributed by atoms with Crippen molar-refractivity contribution in [3.63, 3.8) is 0 Å². The Morgan fingerprint density at radius 3 is 2.76 bits per heavy atom. The lowest BCUT2D eigenvalue weighted by atomic mass is 10.1. The number of esters is 1. The number of ether oxygens (including phenoxy) is 1. The number of nitrogen functional groups attached to an aromatic ring is 1. The first-order chi connectivity index (χ1) is 10.1. The van der Waals surface area contributed by atoms with Crippen molar-refractivity contribution in [1.29, 1.82) is 0 Å². The maximum atomic E-state index is 11.7. The predicted molar refractivity (Wildman–Crippen MR) is 81.0 cm³/mol. The molecule has 21 heavy (non-hydrogen) atoms. The molecular formula is C15H21N3O3. The molecule has 1 aromatic carbocycles. The summed E-state index contributed by atoms with van der Waals surface area (Å²) in [5, 5.41) is 5.98. The van der Waals surface area contributed by atoms with Crippen molar-refractivity contribution < 1.29 is 14.3 Å². The van der Waals surface area contributed by atoms with Gasteiger partial charge in [-0.1, -0.05) is 0 Å². The Balaban J connectivity index is 1.84. The molecule has 4 N–H and O–H groups in total. The van der Waals surface area contributed by atoms with Gasteiger partial charge in [-0.2, -0.15) is 0 Å². The third-order valence-corrected chi connectivity index (χ3v) is 3.25. The van der Waals surface area contributed by atoms with Gasteiger partial charge in [0.05, 0.1) is 23.5 Å². The highest BCUT2D eigenvalue weighted by molar-refractivity contribution is 5.92. The van der Waals surface area contributed by atoms with Crippen LogP contribution in [0.2, 0.25) is 0 Å². The van der Waals surface area contributed by atoms with E-state index in [0.29, 0.717) is 36.6 Å². The Morgan fingerprint density at radius 1 is 1.33 bits per heavy atom. The van der Waals surface area contributed by atoms with Crippen molar-refractivity contribution in [1.82, 2.24) is 5.32 Å². The van der Waals surface area contributed by atoms with E-state index in [4.69, 9.17) is 10.5 Å². The summed E-state index contributed by atoms with van der Waals surface area (Å²) in [6.07, 6.45) is 1.99. The van der Waals surface area contributed by atoms with Crippen LogP contribution in [0.3, 0.4) is 0 Å². The van der Waals surface area contributed by atoms with Crippen LogP contribution in [0.25, 0.3) is 0 Å². The van der Waals surface area contributed by atoms with Gasteiger partial charge in [-0.3, -0.25) is 4.79 Å². The number of carbonyl (C=O) groups is 2. The normalized spacial score (nSPS) is 13.6. The summed E-state index contributed by atoms with van der Waals surface area (Å²) in [6.45, 7) is 3.17. The first-order valence-electron chi connectivity index (χ1n) is 7.20. The molecule has 6 nitrogen and oxygen atoms in total. The lowest BCUT2D eigenvalue weighted by Gasteiger charge is -2.11. The highest BCUT2D eigenvalue weighted by atomic mass is 16.5. The maximum Gasteiger partial charge on any atom is 0.338 e. The van der Waals surface area contributed by atoms with Gasteiger partial charge in [-0.15, -0.1) is 0 Å². The van der Waals surface area contributed by atoms with E-state index in [0.717, 1.165) is 12.8 Å². The monoisotopic (exact) mass is 291 g/mol. The Bertz CT molecular complexity index is 527. The molecule has 0 aromatic heterocycles. The van der Waals surface area contributed by atoms with E-state index in [1.54, 1.807) is 25.1 Å². The minimum absolute atomic E-state index is 0.116. The summed E-state index contributed by atoms with van der Waals surface area (Å²) in [4.78, 5) is 23.1. The first-order valence-corrected chi connectivity index (χ1v) is 7.20. The zero-order valence-electron chi connectivity index (χ0n) is 12.1. The zero-order chi connectivity index (χ0) is 15.2. The number of rotatable bonds is 7. The third kappa shape index (κ3) is 4.37. The number of hydrogen-bond donors (Lipinski definition) is 3. The molecule has 1 aliphatic carbocycles.